The van der Waals surface area contributed by atoms with E-state index in [0.29, 0.717) is 36.6 Å². The Bertz CT molecular complexity index is 1110. The van der Waals surface area contributed by atoms with Crippen LogP contribution in [0.25, 0.3) is 0 Å². The molecule has 2 aromatic carbocycles. The lowest BCUT2D eigenvalue weighted by atomic mass is 10.0. The maximum absolute atomic E-state index is 12.9. The Morgan fingerprint density at radius 1 is 1.06 bits per heavy atom. The molecule has 33 heavy (non-hydrogen) atoms. The Morgan fingerprint density at radius 3 is 2.39 bits per heavy atom. The number of likely N-dealkylation sites (tertiary alicyclic amines) is 1. The minimum absolute atomic E-state index is 0.00375. The number of ether oxygens (including phenoxy) is 1. The van der Waals surface area contributed by atoms with Crippen molar-refractivity contribution in [2.24, 2.45) is 0 Å². The lowest BCUT2D eigenvalue weighted by Gasteiger charge is -2.32. The van der Waals surface area contributed by atoms with Crippen molar-refractivity contribution in [3.63, 3.8) is 0 Å². The molecule has 2 heterocycles. The summed E-state index contributed by atoms with van der Waals surface area (Å²) in [5, 5.41) is 7.04. The van der Waals surface area contributed by atoms with E-state index < -0.39 is 0 Å². The molecular weight excluding hydrogens is 418 g/mol. The molecule has 0 aliphatic carbocycles. The summed E-state index contributed by atoms with van der Waals surface area (Å²) in [6.45, 7) is 7.27. The molecule has 7 heteroatoms. The van der Waals surface area contributed by atoms with Crippen molar-refractivity contribution in [2.75, 3.05) is 13.1 Å². The summed E-state index contributed by atoms with van der Waals surface area (Å²) >= 11 is 0. The number of carbonyl (C=O) groups excluding carboxylic acids is 2. The highest BCUT2D eigenvalue weighted by Gasteiger charge is 2.25. The van der Waals surface area contributed by atoms with Crippen molar-refractivity contribution in [3.05, 3.63) is 82.2 Å². The van der Waals surface area contributed by atoms with E-state index >= 15 is 0 Å². The number of rotatable bonds is 6. The molecule has 7 nitrogen and oxygen atoms in total. The van der Waals surface area contributed by atoms with Crippen molar-refractivity contribution < 1.29 is 18.8 Å². The topological polar surface area (TPSA) is 84.7 Å². The van der Waals surface area contributed by atoms with Crippen molar-refractivity contribution in [1.29, 1.82) is 0 Å². The van der Waals surface area contributed by atoms with E-state index in [1.54, 1.807) is 24.3 Å². The Kier molecular flexibility index (Phi) is 6.77. The van der Waals surface area contributed by atoms with E-state index in [9.17, 15) is 9.59 Å². The van der Waals surface area contributed by atoms with E-state index in [-0.39, 0.29) is 17.9 Å². The van der Waals surface area contributed by atoms with Crippen molar-refractivity contribution in [3.8, 4) is 5.75 Å². The first kappa shape index (κ1) is 22.6. The van der Waals surface area contributed by atoms with Gasteiger partial charge in [0.1, 0.15) is 18.1 Å². The molecular formula is C26H29N3O4. The Labute approximate surface area is 193 Å². The number of aryl methyl sites for hydroxylation is 3. The average molecular weight is 448 g/mol. The van der Waals surface area contributed by atoms with Gasteiger partial charge in [-0.1, -0.05) is 23.4 Å². The van der Waals surface area contributed by atoms with Crippen LogP contribution in [0, 0.1) is 20.8 Å². The van der Waals surface area contributed by atoms with Crippen molar-refractivity contribution in [1.82, 2.24) is 15.4 Å². The third-order valence-corrected chi connectivity index (χ3v) is 6.17. The average Bonchev–Trinajstić information content (AvgIpc) is 3.15. The van der Waals surface area contributed by atoms with E-state index in [1.807, 2.05) is 49.9 Å². The van der Waals surface area contributed by atoms with Crippen LogP contribution in [0.3, 0.4) is 0 Å². The number of nitrogens with zero attached hydrogens (tertiary/aromatic N) is 2. The summed E-state index contributed by atoms with van der Waals surface area (Å²) in [5.74, 6) is 1.38. The molecule has 172 valence electrons. The van der Waals surface area contributed by atoms with E-state index in [0.717, 1.165) is 35.4 Å². The lowest BCUT2D eigenvalue weighted by molar-refractivity contribution is 0.0698. The van der Waals surface area contributed by atoms with Crippen LogP contribution in [-0.4, -0.2) is 41.0 Å². The zero-order valence-corrected chi connectivity index (χ0v) is 19.3. The highest BCUT2D eigenvalue weighted by Crippen LogP contribution is 2.20. The van der Waals surface area contributed by atoms with Crippen LogP contribution in [0.5, 0.6) is 5.75 Å². The van der Waals surface area contributed by atoms with Crippen LogP contribution in [0.4, 0.5) is 0 Å². The molecule has 0 unspecified atom stereocenters. The molecule has 1 fully saturated rings. The van der Waals surface area contributed by atoms with Gasteiger partial charge < -0.3 is 19.5 Å². The molecule has 0 spiro atoms. The van der Waals surface area contributed by atoms with Gasteiger partial charge in [-0.05, 0) is 69.5 Å². The number of piperidine rings is 1. The lowest BCUT2D eigenvalue weighted by Crippen LogP contribution is -2.46. The van der Waals surface area contributed by atoms with Crippen LogP contribution in [0.1, 0.15) is 56.1 Å². The fourth-order valence-electron chi connectivity index (χ4n) is 4.06. The minimum Gasteiger partial charge on any atom is -0.489 e. The first-order valence-electron chi connectivity index (χ1n) is 11.2. The normalized spacial score (nSPS) is 14.2. The molecule has 1 aliphatic heterocycles. The standard InChI is InChI=1S/C26H29N3O4/c1-17-6-4-5-7-23(17)25(30)27-21-12-14-29(15-13-21)26(31)20-8-10-22(11-9-20)32-16-24-18(2)28-33-19(24)3/h4-11,21H,12-16H2,1-3H3,(H,27,30). The number of hydrogen-bond donors (Lipinski definition) is 1. The zero-order chi connectivity index (χ0) is 23.4. The summed E-state index contributed by atoms with van der Waals surface area (Å²) in [6.07, 6.45) is 1.48. The molecule has 1 aromatic heterocycles. The predicted molar refractivity (Wildman–Crippen MR) is 124 cm³/mol. The second-order valence-electron chi connectivity index (χ2n) is 8.47. The van der Waals surface area contributed by atoms with E-state index in [1.165, 1.54) is 0 Å². The van der Waals surface area contributed by atoms with Crippen LogP contribution in [0.15, 0.2) is 53.1 Å². The molecule has 1 N–H and O–H groups in total. The maximum atomic E-state index is 12.9. The highest BCUT2D eigenvalue weighted by atomic mass is 16.5. The van der Waals surface area contributed by atoms with Gasteiger partial charge in [0.15, 0.2) is 0 Å². The number of carbonyl (C=O) groups is 2. The van der Waals surface area contributed by atoms with Crippen LogP contribution in [0.2, 0.25) is 0 Å². The molecule has 4 rings (SSSR count). The smallest absolute Gasteiger partial charge is 0.253 e. The second kappa shape index (κ2) is 9.90. The number of benzene rings is 2. The van der Waals surface area contributed by atoms with Gasteiger partial charge in [-0.15, -0.1) is 0 Å². The van der Waals surface area contributed by atoms with Gasteiger partial charge >= 0.3 is 0 Å². The highest BCUT2D eigenvalue weighted by molar-refractivity contribution is 5.96. The zero-order valence-electron chi connectivity index (χ0n) is 19.3. The largest absolute Gasteiger partial charge is 0.489 e. The number of nitrogens with one attached hydrogen (secondary N) is 1. The monoisotopic (exact) mass is 447 g/mol. The van der Waals surface area contributed by atoms with Gasteiger partial charge in [0.2, 0.25) is 0 Å². The van der Waals surface area contributed by atoms with E-state index in [4.69, 9.17) is 9.26 Å². The summed E-state index contributed by atoms with van der Waals surface area (Å²) in [7, 11) is 0. The molecule has 0 atom stereocenters. The Hall–Kier alpha value is -3.61. The summed E-state index contributed by atoms with van der Waals surface area (Å²) in [6, 6.07) is 14.8. The predicted octanol–water partition coefficient (Wildman–Crippen LogP) is 4.21. The minimum atomic E-state index is -0.0509. The van der Waals surface area contributed by atoms with E-state index in [2.05, 4.69) is 10.5 Å². The van der Waals surface area contributed by atoms with Gasteiger partial charge in [0, 0.05) is 30.3 Å². The van der Waals surface area contributed by atoms with Gasteiger partial charge in [-0.3, -0.25) is 9.59 Å². The fourth-order valence-corrected chi connectivity index (χ4v) is 4.06. The third-order valence-electron chi connectivity index (χ3n) is 6.17. The Balaban J connectivity index is 1.28. The van der Waals surface area contributed by atoms with Crippen LogP contribution < -0.4 is 10.1 Å². The maximum Gasteiger partial charge on any atom is 0.253 e. The summed E-state index contributed by atoms with van der Waals surface area (Å²) in [5.41, 5.74) is 4.04. The molecule has 0 bridgehead atoms. The van der Waals surface area contributed by atoms with Gasteiger partial charge in [0.05, 0.1) is 11.3 Å². The molecule has 0 radical (unpaired) electrons. The number of amides is 2. The molecule has 1 aliphatic rings. The fraction of sp³-hybridized carbons (Fsp3) is 0.346. The molecule has 3 aromatic rings. The Morgan fingerprint density at radius 2 is 1.76 bits per heavy atom. The third kappa shape index (κ3) is 5.25. The summed E-state index contributed by atoms with van der Waals surface area (Å²) in [4.78, 5) is 27.3. The molecule has 0 saturated carbocycles. The number of hydrogen-bond acceptors (Lipinski definition) is 5. The van der Waals surface area contributed by atoms with Gasteiger partial charge in [-0.25, -0.2) is 0 Å². The summed E-state index contributed by atoms with van der Waals surface area (Å²) < 4.78 is 11.0. The number of aromatic nitrogens is 1. The van der Waals surface area contributed by atoms with Crippen LogP contribution >= 0.6 is 0 Å². The molecule has 1 saturated heterocycles. The van der Waals surface area contributed by atoms with Crippen LogP contribution in [-0.2, 0) is 6.61 Å². The first-order chi connectivity index (χ1) is 15.9. The van der Waals surface area contributed by atoms with Gasteiger partial charge in [-0.2, -0.15) is 0 Å². The van der Waals surface area contributed by atoms with Crippen molar-refractivity contribution >= 4 is 11.8 Å². The first-order valence-corrected chi connectivity index (χ1v) is 11.2. The van der Waals surface area contributed by atoms with Gasteiger partial charge in [0.25, 0.3) is 11.8 Å². The molecule has 2 amide bonds. The quantitative estimate of drug-likeness (QED) is 0.612. The SMILES string of the molecule is Cc1ccccc1C(=O)NC1CCN(C(=O)c2ccc(OCc3c(C)noc3C)cc2)CC1. The van der Waals surface area contributed by atoms with Crippen molar-refractivity contribution in [2.45, 2.75) is 46.3 Å². The second-order valence-corrected chi connectivity index (χ2v) is 8.47.